The molecule has 0 aromatic carbocycles. The lowest BCUT2D eigenvalue weighted by atomic mass is 10.4. The van der Waals surface area contributed by atoms with Crippen LogP contribution in [0, 0.1) is 0 Å². The average molecular weight is 204 g/mol. The Balaban J connectivity index is 2.69. The largest absolute Gasteiger partial charge is 0.451 e. The molecule has 2 aromatic rings. The summed E-state index contributed by atoms with van der Waals surface area (Å²) in [5.74, 6) is -1.28. The number of aromatic nitrogens is 4. The van der Waals surface area contributed by atoms with Crippen molar-refractivity contribution in [2.45, 2.75) is 6.18 Å². The molecule has 0 saturated carbocycles. The average Bonchev–Trinajstić information content (AvgIpc) is 2.46. The third-order valence-electron chi connectivity index (χ3n) is 1.58. The van der Waals surface area contributed by atoms with Crippen molar-refractivity contribution in [3.05, 3.63) is 22.4 Å². The predicted octanol–water partition coefficient (Wildman–Crippen LogP) is 0.665. The van der Waals surface area contributed by atoms with E-state index in [0.717, 1.165) is 6.20 Å². The third kappa shape index (κ3) is 1.24. The van der Waals surface area contributed by atoms with Gasteiger partial charge in [0.2, 0.25) is 5.82 Å². The van der Waals surface area contributed by atoms with E-state index >= 15 is 0 Å². The highest BCUT2D eigenvalue weighted by Gasteiger charge is 2.34. The highest BCUT2D eigenvalue weighted by molar-refractivity contribution is 5.72. The van der Waals surface area contributed by atoms with Crippen LogP contribution in [0.25, 0.3) is 11.0 Å². The first-order valence-corrected chi connectivity index (χ1v) is 3.49. The molecule has 2 N–H and O–H groups in total. The molecule has 0 aliphatic carbocycles. The molecule has 5 nitrogen and oxygen atoms in total. The standard InChI is InChI=1S/C6H3F3N4O/c7-6(8,9)5-10-1-2-3(11-5)12-13-4(2)14/h1H,(H2,10,11,12,13,14). The molecule has 0 aliphatic rings. The van der Waals surface area contributed by atoms with Crippen molar-refractivity contribution in [2.75, 3.05) is 0 Å². The van der Waals surface area contributed by atoms with Crippen LogP contribution in [0.5, 0.6) is 0 Å². The minimum Gasteiger partial charge on any atom is -0.281 e. The van der Waals surface area contributed by atoms with Gasteiger partial charge in [-0.15, -0.1) is 0 Å². The maximum absolute atomic E-state index is 12.1. The van der Waals surface area contributed by atoms with E-state index in [4.69, 9.17) is 0 Å². The fourth-order valence-electron chi connectivity index (χ4n) is 0.963. The summed E-state index contributed by atoms with van der Waals surface area (Å²) in [5.41, 5.74) is -0.703. The van der Waals surface area contributed by atoms with Crippen molar-refractivity contribution in [2.24, 2.45) is 0 Å². The van der Waals surface area contributed by atoms with E-state index in [9.17, 15) is 18.0 Å². The lowest BCUT2D eigenvalue weighted by Crippen LogP contribution is -2.11. The molecule has 2 heterocycles. The van der Waals surface area contributed by atoms with Crippen LogP contribution >= 0.6 is 0 Å². The van der Waals surface area contributed by atoms with Crippen LogP contribution in [-0.4, -0.2) is 20.2 Å². The fourth-order valence-corrected chi connectivity index (χ4v) is 0.963. The lowest BCUT2D eigenvalue weighted by Gasteiger charge is -2.02. The van der Waals surface area contributed by atoms with Crippen LogP contribution in [0.3, 0.4) is 0 Å². The zero-order valence-electron chi connectivity index (χ0n) is 6.51. The summed E-state index contributed by atoms with van der Waals surface area (Å²) in [7, 11) is 0. The van der Waals surface area contributed by atoms with Gasteiger partial charge in [0.05, 0.1) is 0 Å². The number of rotatable bonds is 0. The minimum atomic E-state index is -4.61. The summed E-state index contributed by atoms with van der Waals surface area (Å²) < 4.78 is 36.3. The Morgan fingerprint density at radius 1 is 1.29 bits per heavy atom. The van der Waals surface area contributed by atoms with Gasteiger partial charge in [0.25, 0.3) is 5.56 Å². The Labute approximate surface area is 74.0 Å². The van der Waals surface area contributed by atoms with Gasteiger partial charge < -0.3 is 0 Å². The monoisotopic (exact) mass is 204 g/mol. The maximum atomic E-state index is 12.1. The van der Waals surface area contributed by atoms with Crippen molar-refractivity contribution in [3.63, 3.8) is 0 Å². The number of H-pyrrole nitrogens is 2. The third-order valence-corrected chi connectivity index (χ3v) is 1.58. The van der Waals surface area contributed by atoms with E-state index in [0.29, 0.717) is 0 Å². The Hall–Kier alpha value is -1.86. The first-order valence-electron chi connectivity index (χ1n) is 3.49. The quantitative estimate of drug-likeness (QED) is 0.662. The minimum absolute atomic E-state index is 0.00185. The SMILES string of the molecule is O=c1[nH][nH]c2nc(C(F)(F)F)ncc12. The second kappa shape index (κ2) is 2.56. The second-order valence-corrected chi connectivity index (χ2v) is 2.53. The van der Waals surface area contributed by atoms with Crippen LogP contribution in [0.1, 0.15) is 5.82 Å². The van der Waals surface area contributed by atoms with Crippen LogP contribution in [0.4, 0.5) is 13.2 Å². The number of nitrogens with zero attached hydrogens (tertiary/aromatic N) is 2. The molecule has 0 fully saturated rings. The number of aromatic amines is 2. The number of fused-ring (bicyclic) bond motifs is 1. The zero-order valence-corrected chi connectivity index (χ0v) is 6.51. The highest BCUT2D eigenvalue weighted by atomic mass is 19.4. The molecule has 8 heteroatoms. The molecule has 0 amide bonds. The van der Waals surface area contributed by atoms with Gasteiger partial charge in [-0.25, -0.2) is 9.97 Å². The number of nitrogens with one attached hydrogen (secondary N) is 2. The molecular formula is C6H3F3N4O. The van der Waals surface area contributed by atoms with E-state index in [-0.39, 0.29) is 11.0 Å². The van der Waals surface area contributed by atoms with E-state index in [1.807, 2.05) is 0 Å². The summed E-state index contributed by atoms with van der Waals surface area (Å²) in [6.45, 7) is 0. The summed E-state index contributed by atoms with van der Waals surface area (Å²) in [4.78, 5) is 17.1. The van der Waals surface area contributed by atoms with Gasteiger partial charge in [-0.3, -0.25) is 15.0 Å². The van der Waals surface area contributed by atoms with Gasteiger partial charge in [-0.1, -0.05) is 0 Å². The molecule has 0 aliphatic heterocycles. The highest BCUT2D eigenvalue weighted by Crippen LogP contribution is 2.25. The molecule has 0 unspecified atom stereocenters. The Morgan fingerprint density at radius 2 is 2.00 bits per heavy atom. The molecule has 2 aromatic heterocycles. The van der Waals surface area contributed by atoms with Gasteiger partial charge >= 0.3 is 6.18 Å². The van der Waals surface area contributed by atoms with Gasteiger partial charge in [-0.2, -0.15) is 13.2 Å². The van der Waals surface area contributed by atoms with Crippen molar-refractivity contribution < 1.29 is 13.2 Å². The first-order chi connectivity index (χ1) is 6.48. The van der Waals surface area contributed by atoms with Crippen molar-refractivity contribution in [1.29, 1.82) is 0 Å². The molecule has 0 saturated heterocycles. The molecule has 0 radical (unpaired) electrons. The molecule has 74 valence electrons. The lowest BCUT2D eigenvalue weighted by molar-refractivity contribution is -0.144. The fraction of sp³-hybridized carbons (Fsp3) is 0.167. The van der Waals surface area contributed by atoms with Crippen molar-refractivity contribution in [3.8, 4) is 0 Å². The zero-order chi connectivity index (χ0) is 10.3. The first kappa shape index (κ1) is 8.73. The Morgan fingerprint density at radius 3 is 2.64 bits per heavy atom. The Bertz CT molecular complexity index is 526. The topological polar surface area (TPSA) is 74.4 Å². The van der Waals surface area contributed by atoms with Gasteiger partial charge in [0.15, 0.2) is 5.65 Å². The van der Waals surface area contributed by atoms with Crippen molar-refractivity contribution >= 4 is 11.0 Å². The molecular weight excluding hydrogens is 201 g/mol. The second-order valence-electron chi connectivity index (χ2n) is 2.53. The number of alkyl halides is 3. The maximum Gasteiger partial charge on any atom is 0.451 e. The smallest absolute Gasteiger partial charge is 0.281 e. The van der Waals surface area contributed by atoms with Crippen molar-refractivity contribution in [1.82, 2.24) is 20.2 Å². The molecule has 2 rings (SSSR count). The predicted molar refractivity (Wildman–Crippen MR) is 39.5 cm³/mol. The van der Waals surface area contributed by atoms with Crippen LogP contribution in [0.2, 0.25) is 0 Å². The van der Waals surface area contributed by atoms with Gasteiger partial charge in [0, 0.05) is 6.20 Å². The Kier molecular flexibility index (Phi) is 1.60. The summed E-state index contributed by atoms with van der Waals surface area (Å²) in [5, 5.41) is 4.31. The number of halogens is 3. The van der Waals surface area contributed by atoms with E-state index in [1.54, 1.807) is 0 Å². The normalized spacial score (nSPS) is 12.2. The molecule has 0 atom stereocenters. The molecule has 0 spiro atoms. The summed E-state index contributed by atoms with van der Waals surface area (Å²) >= 11 is 0. The van der Waals surface area contributed by atoms with Gasteiger partial charge in [-0.05, 0) is 0 Å². The van der Waals surface area contributed by atoms with E-state index in [1.165, 1.54) is 0 Å². The van der Waals surface area contributed by atoms with E-state index < -0.39 is 17.6 Å². The van der Waals surface area contributed by atoms with Crippen LogP contribution in [-0.2, 0) is 6.18 Å². The molecule has 14 heavy (non-hydrogen) atoms. The van der Waals surface area contributed by atoms with E-state index in [2.05, 4.69) is 20.2 Å². The summed E-state index contributed by atoms with van der Waals surface area (Å²) in [6.07, 6.45) is -3.77. The van der Waals surface area contributed by atoms with Crippen LogP contribution in [0.15, 0.2) is 11.0 Å². The number of hydrogen-bond acceptors (Lipinski definition) is 3. The van der Waals surface area contributed by atoms with Crippen LogP contribution < -0.4 is 5.56 Å². The number of hydrogen-bond donors (Lipinski definition) is 2. The summed E-state index contributed by atoms with van der Waals surface area (Å²) in [6, 6.07) is 0. The molecule has 0 bridgehead atoms. The van der Waals surface area contributed by atoms with Gasteiger partial charge in [0.1, 0.15) is 5.39 Å².